The molecule has 3 heteroatoms. The van der Waals surface area contributed by atoms with Gasteiger partial charge < -0.3 is 5.73 Å². The highest BCUT2D eigenvalue weighted by molar-refractivity contribution is 5.85. The van der Waals surface area contributed by atoms with Crippen LogP contribution in [-0.4, -0.2) is 4.98 Å². The van der Waals surface area contributed by atoms with Gasteiger partial charge in [0.25, 0.3) is 0 Å². The van der Waals surface area contributed by atoms with Gasteiger partial charge in [-0.25, -0.2) is 0 Å². The molecule has 0 saturated heterocycles. The largest absolute Gasteiger partial charge is 0.323 e. The second kappa shape index (κ2) is 6.58. The molecular weight excluding hydrogens is 232 g/mol. The summed E-state index contributed by atoms with van der Waals surface area (Å²) in [4.78, 5) is 4.60. The highest BCUT2D eigenvalue weighted by atomic mass is 35.5. The van der Waals surface area contributed by atoms with Gasteiger partial charge >= 0.3 is 0 Å². The average Bonchev–Trinajstić information content (AvgIpc) is 2.35. The zero-order chi connectivity index (χ0) is 11.4. The quantitative estimate of drug-likeness (QED) is 0.895. The lowest BCUT2D eigenvalue weighted by Gasteiger charge is -2.10. The van der Waals surface area contributed by atoms with Crippen molar-refractivity contribution in [3.05, 3.63) is 42.1 Å². The molecule has 17 heavy (non-hydrogen) atoms. The summed E-state index contributed by atoms with van der Waals surface area (Å²) in [5, 5.41) is 1.17. The van der Waals surface area contributed by atoms with Crippen molar-refractivity contribution in [2.24, 2.45) is 5.73 Å². The van der Waals surface area contributed by atoms with Crippen LogP contribution in [0.5, 0.6) is 0 Å². The van der Waals surface area contributed by atoms with Crippen LogP contribution < -0.4 is 5.73 Å². The maximum Gasteiger partial charge on any atom is 0.0706 e. The van der Waals surface area contributed by atoms with E-state index in [4.69, 9.17) is 5.73 Å². The molecule has 1 heterocycles. The lowest BCUT2D eigenvalue weighted by Crippen LogP contribution is -2.11. The Kier molecular flexibility index (Phi) is 5.39. The van der Waals surface area contributed by atoms with Gasteiger partial charge in [-0.3, -0.25) is 4.98 Å². The molecule has 0 amide bonds. The zero-order valence-corrected chi connectivity index (χ0v) is 10.9. The molecule has 0 radical (unpaired) electrons. The Labute approximate surface area is 109 Å². The van der Waals surface area contributed by atoms with Gasteiger partial charge in [0.2, 0.25) is 0 Å². The van der Waals surface area contributed by atoms with E-state index in [0.29, 0.717) is 0 Å². The van der Waals surface area contributed by atoms with Crippen LogP contribution in [0, 0.1) is 0 Å². The molecule has 2 nitrogen and oxygen atoms in total. The van der Waals surface area contributed by atoms with Crippen LogP contribution in [0.1, 0.15) is 37.9 Å². The molecule has 2 rings (SSSR count). The van der Waals surface area contributed by atoms with E-state index in [-0.39, 0.29) is 18.4 Å². The van der Waals surface area contributed by atoms with Crippen LogP contribution in [0.3, 0.4) is 0 Å². The molecule has 0 saturated carbocycles. The Morgan fingerprint density at radius 3 is 2.71 bits per heavy atom. The van der Waals surface area contributed by atoms with E-state index in [1.54, 1.807) is 0 Å². The number of nitrogens with zero attached hydrogens (tertiary/aromatic N) is 1. The van der Waals surface area contributed by atoms with Crippen LogP contribution in [-0.2, 0) is 0 Å². The fourth-order valence-electron chi connectivity index (χ4n) is 1.86. The van der Waals surface area contributed by atoms with Crippen molar-refractivity contribution >= 4 is 23.3 Å². The molecule has 0 fully saturated rings. The van der Waals surface area contributed by atoms with E-state index in [2.05, 4.69) is 24.0 Å². The van der Waals surface area contributed by atoms with Crippen LogP contribution in [0.2, 0.25) is 0 Å². The SMILES string of the molecule is CCCC[C@H](N)c1ccc2ccccc2n1.Cl. The summed E-state index contributed by atoms with van der Waals surface area (Å²) in [6.45, 7) is 2.18. The van der Waals surface area contributed by atoms with E-state index in [0.717, 1.165) is 24.1 Å². The van der Waals surface area contributed by atoms with Gasteiger partial charge in [-0.2, -0.15) is 0 Å². The summed E-state index contributed by atoms with van der Waals surface area (Å²) in [6.07, 6.45) is 3.36. The third kappa shape index (κ3) is 3.42. The molecule has 1 aromatic heterocycles. The van der Waals surface area contributed by atoms with Crippen molar-refractivity contribution in [1.29, 1.82) is 0 Å². The maximum absolute atomic E-state index is 6.11. The average molecular weight is 251 g/mol. The smallest absolute Gasteiger partial charge is 0.0706 e. The number of unbranched alkanes of at least 4 members (excludes halogenated alkanes) is 1. The van der Waals surface area contributed by atoms with Gasteiger partial charge in [0.05, 0.1) is 11.2 Å². The fourth-order valence-corrected chi connectivity index (χ4v) is 1.86. The van der Waals surface area contributed by atoms with Crippen molar-refractivity contribution in [2.75, 3.05) is 0 Å². The van der Waals surface area contributed by atoms with Crippen LogP contribution in [0.25, 0.3) is 10.9 Å². The summed E-state index contributed by atoms with van der Waals surface area (Å²) in [6, 6.07) is 12.4. The van der Waals surface area contributed by atoms with Crippen LogP contribution in [0.15, 0.2) is 36.4 Å². The predicted molar refractivity (Wildman–Crippen MR) is 75.4 cm³/mol. The molecule has 1 aromatic carbocycles. The summed E-state index contributed by atoms with van der Waals surface area (Å²) in [7, 11) is 0. The summed E-state index contributed by atoms with van der Waals surface area (Å²) < 4.78 is 0. The second-order valence-electron chi connectivity index (χ2n) is 4.18. The van der Waals surface area contributed by atoms with Crippen LogP contribution >= 0.6 is 12.4 Å². The first-order chi connectivity index (χ1) is 7.81. The van der Waals surface area contributed by atoms with Gasteiger partial charge in [0.1, 0.15) is 0 Å². The number of halogens is 1. The number of para-hydroxylation sites is 1. The van der Waals surface area contributed by atoms with Gasteiger partial charge in [-0.05, 0) is 18.6 Å². The predicted octanol–water partition coefficient (Wildman–Crippen LogP) is 3.85. The number of hydrogen-bond acceptors (Lipinski definition) is 2. The van der Waals surface area contributed by atoms with Gasteiger partial charge in [0, 0.05) is 11.4 Å². The normalized spacial score (nSPS) is 12.1. The molecule has 2 N–H and O–H groups in total. The lowest BCUT2D eigenvalue weighted by atomic mass is 10.1. The third-order valence-corrected chi connectivity index (χ3v) is 2.87. The van der Waals surface area contributed by atoms with Crippen molar-refractivity contribution < 1.29 is 0 Å². The molecule has 0 unspecified atom stereocenters. The second-order valence-corrected chi connectivity index (χ2v) is 4.18. The van der Waals surface area contributed by atoms with Crippen molar-refractivity contribution in [3.63, 3.8) is 0 Å². The Morgan fingerprint density at radius 2 is 1.94 bits per heavy atom. The van der Waals surface area contributed by atoms with E-state index >= 15 is 0 Å². The number of pyridine rings is 1. The Morgan fingerprint density at radius 1 is 1.18 bits per heavy atom. The molecule has 0 aliphatic heterocycles. The Balaban J connectivity index is 0.00000144. The first-order valence-corrected chi connectivity index (χ1v) is 5.92. The zero-order valence-electron chi connectivity index (χ0n) is 10.1. The number of hydrogen-bond donors (Lipinski definition) is 1. The summed E-state index contributed by atoms with van der Waals surface area (Å²) in [5.74, 6) is 0. The van der Waals surface area contributed by atoms with E-state index in [9.17, 15) is 0 Å². The minimum absolute atomic E-state index is 0. The van der Waals surface area contributed by atoms with Gasteiger partial charge in [0.15, 0.2) is 0 Å². The molecule has 0 aliphatic carbocycles. The first-order valence-electron chi connectivity index (χ1n) is 5.92. The number of benzene rings is 1. The Hall–Kier alpha value is -1.12. The number of fused-ring (bicyclic) bond motifs is 1. The maximum atomic E-state index is 6.11. The van der Waals surface area contributed by atoms with E-state index in [1.807, 2.05) is 24.3 Å². The molecular formula is C14H19ClN2. The third-order valence-electron chi connectivity index (χ3n) is 2.87. The lowest BCUT2D eigenvalue weighted by molar-refractivity contribution is 0.592. The number of aromatic nitrogens is 1. The standard InChI is InChI=1S/C14H18N2.ClH/c1-2-3-7-12(15)14-10-9-11-6-4-5-8-13(11)16-14;/h4-6,8-10,12H,2-3,7,15H2,1H3;1H/t12-;/m0./s1. The van der Waals surface area contributed by atoms with Crippen molar-refractivity contribution in [2.45, 2.75) is 32.2 Å². The highest BCUT2D eigenvalue weighted by Gasteiger charge is 2.07. The monoisotopic (exact) mass is 250 g/mol. The molecule has 2 aromatic rings. The van der Waals surface area contributed by atoms with Crippen molar-refractivity contribution in [3.8, 4) is 0 Å². The highest BCUT2D eigenvalue weighted by Crippen LogP contribution is 2.18. The minimum atomic E-state index is 0. The summed E-state index contributed by atoms with van der Waals surface area (Å²) in [5.41, 5.74) is 8.15. The molecule has 92 valence electrons. The molecule has 1 atom stereocenters. The van der Waals surface area contributed by atoms with Crippen molar-refractivity contribution in [1.82, 2.24) is 4.98 Å². The number of nitrogens with two attached hydrogens (primary N) is 1. The van der Waals surface area contributed by atoms with Gasteiger partial charge in [-0.1, -0.05) is 44.0 Å². The van der Waals surface area contributed by atoms with Crippen LogP contribution in [0.4, 0.5) is 0 Å². The molecule has 0 aliphatic rings. The minimum Gasteiger partial charge on any atom is -0.323 e. The van der Waals surface area contributed by atoms with Gasteiger partial charge in [-0.15, -0.1) is 12.4 Å². The fraction of sp³-hybridized carbons (Fsp3) is 0.357. The van der Waals surface area contributed by atoms with E-state index in [1.165, 1.54) is 11.8 Å². The molecule has 0 spiro atoms. The topological polar surface area (TPSA) is 38.9 Å². The van der Waals surface area contributed by atoms with E-state index < -0.39 is 0 Å². The number of rotatable bonds is 4. The Bertz CT molecular complexity index is 470. The first kappa shape index (κ1) is 13.9. The molecule has 0 bridgehead atoms. The summed E-state index contributed by atoms with van der Waals surface area (Å²) >= 11 is 0.